The fraction of sp³-hybridized carbons (Fsp3) is 0.300. The number of hydrogen-bond acceptors (Lipinski definition) is 6. The normalized spacial score (nSPS) is 12.5. The molecular formula is C20H22ClN3O5S2. The molecule has 0 bridgehead atoms. The highest BCUT2D eigenvalue weighted by atomic mass is 35.5. The molecule has 0 spiro atoms. The summed E-state index contributed by atoms with van der Waals surface area (Å²) in [6, 6.07) is 8.62. The number of benzene rings is 2. The van der Waals surface area contributed by atoms with Crippen LogP contribution in [-0.4, -0.2) is 38.3 Å². The van der Waals surface area contributed by atoms with Crippen molar-refractivity contribution >= 4 is 60.5 Å². The molecule has 0 aliphatic rings. The van der Waals surface area contributed by atoms with Gasteiger partial charge < -0.3 is 14.6 Å². The van der Waals surface area contributed by atoms with E-state index in [2.05, 4.69) is 5.32 Å². The van der Waals surface area contributed by atoms with E-state index in [1.54, 1.807) is 44.3 Å². The van der Waals surface area contributed by atoms with Crippen molar-refractivity contribution in [2.75, 3.05) is 23.0 Å². The maximum absolute atomic E-state index is 13.1. The van der Waals surface area contributed by atoms with Crippen molar-refractivity contribution in [3.63, 3.8) is 0 Å². The number of nitrogens with one attached hydrogen (secondary N) is 1. The molecule has 0 saturated heterocycles. The van der Waals surface area contributed by atoms with Crippen molar-refractivity contribution < 1.29 is 17.9 Å². The lowest BCUT2D eigenvalue weighted by Crippen LogP contribution is -2.47. The number of nitrogens with zero attached hydrogens (tertiary/aromatic N) is 2. The van der Waals surface area contributed by atoms with Crippen molar-refractivity contribution in [2.45, 2.75) is 19.4 Å². The molecule has 8 nitrogen and oxygen atoms in total. The van der Waals surface area contributed by atoms with Gasteiger partial charge in [-0.05, 0) is 42.8 Å². The van der Waals surface area contributed by atoms with Crippen LogP contribution < -0.4 is 19.2 Å². The summed E-state index contributed by atoms with van der Waals surface area (Å²) in [5.74, 6) is -0.242. The van der Waals surface area contributed by atoms with Crippen LogP contribution in [0.5, 0.6) is 5.75 Å². The number of amides is 1. The third-order valence-electron chi connectivity index (χ3n) is 4.77. The van der Waals surface area contributed by atoms with Crippen molar-refractivity contribution in [1.82, 2.24) is 4.57 Å². The molecule has 166 valence electrons. The zero-order valence-corrected chi connectivity index (χ0v) is 19.8. The van der Waals surface area contributed by atoms with Crippen LogP contribution in [-0.2, 0) is 21.9 Å². The fourth-order valence-electron chi connectivity index (χ4n) is 3.31. The number of halogens is 1. The summed E-state index contributed by atoms with van der Waals surface area (Å²) in [5.41, 5.74) is 1.39. The molecule has 0 radical (unpaired) electrons. The minimum absolute atomic E-state index is 0.110. The standard InChI is InChI=1S/C20H22ClN3O5S2/c1-5-14(24(31(4,27)28)16-10-12(21)6-9-17(16)29-3)19(25)22-13-7-8-15-18(11-13)30-20(26)23(15)2/h6-11,14H,5H2,1-4H3,(H,22,25)/t14-/m0/s1. The molecule has 3 rings (SSSR count). The molecule has 1 heterocycles. The summed E-state index contributed by atoms with van der Waals surface area (Å²) in [5, 5.41) is 3.07. The molecule has 11 heteroatoms. The third-order valence-corrected chi connectivity index (χ3v) is 7.16. The van der Waals surface area contributed by atoms with E-state index >= 15 is 0 Å². The van der Waals surface area contributed by atoms with Crippen LogP contribution >= 0.6 is 22.9 Å². The minimum atomic E-state index is -3.86. The second kappa shape index (κ2) is 8.89. The van der Waals surface area contributed by atoms with Crippen LogP contribution in [0, 0.1) is 0 Å². The van der Waals surface area contributed by atoms with Crippen molar-refractivity contribution in [3.05, 3.63) is 51.1 Å². The van der Waals surface area contributed by atoms with Gasteiger partial charge in [-0.15, -0.1) is 0 Å². The molecule has 0 fully saturated rings. The molecule has 1 aromatic heterocycles. The summed E-state index contributed by atoms with van der Waals surface area (Å²) in [4.78, 5) is 24.9. The van der Waals surface area contributed by atoms with Gasteiger partial charge in [0.15, 0.2) is 0 Å². The number of ether oxygens (including phenoxy) is 1. The number of thiazole rings is 1. The predicted octanol–water partition coefficient (Wildman–Crippen LogP) is 3.45. The number of fused-ring (bicyclic) bond motifs is 1. The number of anilines is 2. The first-order chi connectivity index (χ1) is 14.6. The van der Waals surface area contributed by atoms with E-state index in [1.165, 1.54) is 17.7 Å². The maximum Gasteiger partial charge on any atom is 0.307 e. The van der Waals surface area contributed by atoms with Gasteiger partial charge >= 0.3 is 4.87 Å². The summed E-state index contributed by atoms with van der Waals surface area (Å²) in [7, 11) is -0.775. The van der Waals surface area contributed by atoms with E-state index < -0.39 is 22.0 Å². The Morgan fingerprint density at radius 1 is 1.29 bits per heavy atom. The van der Waals surface area contributed by atoms with Gasteiger partial charge in [0.05, 0.1) is 29.3 Å². The zero-order valence-electron chi connectivity index (χ0n) is 17.4. The van der Waals surface area contributed by atoms with Gasteiger partial charge in [-0.2, -0.15) is 0 Å². The number of aryl methyl sites for hydroxylation is 1. The Kier molecular flexibility index (Phi) is 6.63. The van der Waals surface area contributed by atoms with Gasteiger partial charge in [-0.25, -0.2) is 8.42 Å². The molecule has 0 unspecified atom stereocenters. The molecule has 31 heavy (non-hydrogen) atoms. The number of aromatic nitrogens is 1. The predicted molar refractivity (Wildman–Crippen MR) is 125 cm³/mol. The first-order valence-corrected chi connectivity index (χ1v) is 12.3. The summed E-state index contributed by atoms with van der Waals surface area (Å²) in [6.07, 6.45) is 1.23. The van der Waals surface area contributed by atoms with Gasteiger partial charge in [0.25, 0.3) is 0 Å². The number of hydrogen-bond donors (Lipinski definition) is 1. The Morgan fingerprint density at radius 3 is 2.61 bits per heavy atom. The lowest BCUT2D eigenvalue weighted by molar-refractivity contribution is -0.117. The number of sulfonamides is 1. The molecule has 0 aliphatic carbocycles. The third kappa shape index (κ3) is 4.70. The van der Waals surface area contributed by atoms with E-state index in [0.29, 0.717) is 10.7 Å². The number of rotatable bonds is 7. The topological polar surface area (TPSA) is 97.7 Å². The second-order valence-corrected chi connectivity index (χ2v) is 10.2. The summed E-state index contributed by atoms with van der Waals surface area (Å²) in [6.45, 7) is 1.71. The van der Waals surface area contributed by atoms with E-state index in [4.69, 9.17) is 16.3 Å². The van der Waals surface area contributed by atoms with Crippen LogP contribution in [0.2, 0.25) is 5.02 Å². The highest BCUT2D eigenvalue weighted by Crippen LogP contribution is 2.35. The fourth-order valence-corrected chi connectivity index (χ4v) is 5.60. The first-order valence-electron chi connectivity index (χ1n) is 9.30. The molecule has 1 N–H and O–H groups in total. The van der Waals surface area contributed by atoms with Crippen LogP contribution in [0.15, 0.2) is 41.2 Å². The number of carbonyl (C=O) groups is 1. The molecule has 0 aliphatic heterocycles. The molecule has 1 atom stereocenters. The lowest BCUT2D eigenvalue weighted by atomic mass is 10.1. The highest BCUT2D eigenvalue weighted by Gasteiger charge is 2.33. The van der Waals surface area contributed by atoms with Crippen molar-refractivity contribution in [3.8, 4) is 5.75 Å². The summed E-state index contributed by atoms with van der Waals surface area (Å²) < 4.78 is 34.0. The largest absolute Gasteiger partial charge is 0.495 e. The molecule has 2 aromatic carbocycles. The van der Waals surface area contributed by atoms with E-state index in [-0.39, 0.29) is 22.7 Å². The quantitative estimate of drug-likeness (QED) is 0.555. The molecule has 0 saturated carbocycles. The number of methoxy groups -OCH3 is 1. The van der Waals surface area contributed by atoms with Gasteiger partial charge in [0, 0.05) is 17.8 Å². The van der Waals surface area contributed by atoms with Crippen molar-refractivity contribution in [1.29, 1.82) is 0 Å². The smallest absolute Gasteiger partial charge is 0.307 e. The van der Waals surface area contributed by atoms with Gasteiger partial charge in [0.2, 0.25) is 15.9 Å². The average molecular weight is 484 g/mol. The zero-order chi connectivity index (χ0) is 22.9. The van der Waals surface area contributed by atoms with Crippen molar-refractivity contribution in [2.24, 2.45) is 7.05 Å². The van der Waals surface area contributed by atoms with Gasteiger partial charge in [-0.3, -0.25) is 13.9 Å². The molecule has 1 amide bonds. The van der Waals surface area contributed by atoms with E-state index in [0.717, 1.165) is 32.1 Å². The molecule has 3 aromatic rings. The van der Waals surface area contributed by atoms with E-state index in [1.807, 2.05) is 0 Å². The lowest BCUT2D eigenvalue weighted by Gasteiger charge is -2.31. The first kappa shape index (κ1) is 23.1. The van der Waals surface area contributed by atoms with Gasteiger partial charge in [-0.1, -0.05) is 29.9 Å². The second-order valence-electron chi connectivity index (χ2n) is 6.90. The average Bonchev–Trinajstić information content (AvgIpc) is 2.98. The Balaban J connectivity index is 2.00. The Morgan fingerprint density at radius 2 is 2.00 bits per heavy atom. The van der Waals surface area contributed by atoms with Crippen LogP contribution in [0.25, 0.3) is 10.2 Å². The van der Waals surface area contributed by atoms with E-state index in [9.17, 15) is 18.0 Å². The van der Waals surface area contributed by atoms with Gasteiger partial charge in [0.1, 0.15) is 11.8 Å². The maximum atomic E-state index is 13.1. The monoisotopic (exact) mass is 483 g/mol. The SMILES string of the molecule is CC[C@@H](C(=O)Nc1ccc2c(c1)sc(=O)n2C)N(c1cc(Cl)ccc1OC)S(C)(=O)=O. The number of carbonyl (C=O) groups excluding carboxylic acids is 1. The minimum Gasteiger partial charge on any atom is -0.495 e. The van der Waals surface area contributed by atoms with Crippen LogP contribution in [0.4, 0.5) is 11.4 Å². The highest BCUT2D eigenvalue weighted by molar-refractivity contribution is 7.92. The summed E-state index contributed by atoms with van der Waals surface area (Å²) >= 11 is 7.16. The Labute approximate surface area is 189 Å². The molecular weight excluding hydrogens is 462 g/mol. The van der Waals surface area contributed by atoms with Crippen LogP contribution in [0.3, 0.4) is 0 Å². The Hall–Kier alpha value is -2.56. The van der Waals surface area contributed by atoms with Crippen LogP contribution in [0.1, 0.15) is 13.3 Å². The Bertz CT molecular complexity index is 1300.